The highest BCUT2D eigenvalue weighted by atomic mass is 19.4. The zero-order valence-electron chi connectivity index (χ0n) is 8.25. The fourth-order valence-electron chi connectivity index (χ4n) is 1.24. The largest absolute Gasteiger partial charge is 0.416 e. The number of aromatic nitrogens is 2. The Hall–Kier alpha value is -1.85. The van der Waals surface area contributed by atoms with Crippen molar-refractivity contribution in [1.82, 2.24) is 10.1 Å². The number of benzene rings is 1. The number of nitrogens with zero attached hydrogens (tertiary/aromatic N) is 2. The predicted octanol–water partition coefficient (Wildman–Crippen LogP) is 3.06. The molecule has 1 aromatic heterocycles. The summed E-state index contributed by atoms with van der Waals surface area (Å²) in [6.45, 7) is 1.60. The van der Waals surface area contributed by atoms with Gasteiger partial charge in [0.15, 0.2) is 5.82 Å². The monoisotopic (exact) mass is 228 g/mol. The maximum atomic E-state index is 12.4. The smallest absolute Gasteiger partial charge is 0.334 e. The molecule has 1 aromatic carbocycles. The maximum Gasteiger partial charge on any atom is 0.416 e. The molecule has 84 valence electrons. The van der Waals surface area contributed by atoms with Crippen LogP contribution in [0.5, 0.6) is 0 Å². The molecule has 2 aromatic rings. The molecule has 0 saturated carbocycles. The van der Waals surface area contributed by atoms with E-state index >= 15 is 0 Å². The Bertz CT molecular complexity index is 505. The van der Waals surface area contributed by atoms with E-state index in [-0.39, 0.29) is 11.5 Å². The van der Waals surface area contributed by atoms with Crippen LogP contribution in [0.1, 0.15) is 11.4 Å². The third-order valence-corrected chi connectivity index (χ3v) is 1.96. The van der Waals surface area contributed by atoms with E-state index in [9.17, 15) is 13.2 Å². The first-order valence-electron chi connectivity index (χ1n) is 4.45. The lowest BCUT2D eigenvalue weighted by Gasteiger charge is -2.06. The van der Waals surface area contributed by atoms with Crippen LogP contribution in [0, 0.1) is 6.92 Å². The molecular formula is C10H7F3N2O. The van der Waals surface area contributed by atoms with E-state index in [0.29, 0.717) is 5.82 Å². The molecule has 0 aliphatic heterocycles. The number of aryl methyl sites for hydroxylation is 1. The van der Waals surface area contributed by atoms with Gasteiger partial charge in [0.25, 0.3) is 5.89 Å². The molecule has 16 heavy (non-hydrogen) atoms. The number of hydrogen-bond acceptors (Lipinski definition) is 3. The van der Waals surface area contributed by atoms with E-state index in [1.165, 1.54) is 12.1 Å². The molecule has 0 amide bonds. The van der Waals surface area contributed by atoms with Crippen LogP contribution in [0.3, 0.4) is 0 Å². The van der Waals surface area contributed by atoms with Crippen LogP contribution in [0.25, 0.3) is 11.5 Å². The predicted molar refractivity (Wildman–Crippen MR) is 49.5 cm³/mol. The van der Waals surface area contributed by atoms with Crippen molar-refractivity contribution in [1.29, 1.82) is 0 Å². The normalized spacial score (nSPS) is 11.8. The standard InChI is InChI=1S/C10H7F3N2O/c1-6-14-9(16-15-6)7-3-2-4-8(5-7)10(11,12)13/h2-5H,1H3. The van der Waals surface area contributed by atoms with E-state index in [4.69, 9.17) is 4.52 Å². The molecule has 3 nitrogen and oxygen atoms in total. The van der Waals surface area contributed by atoms with Gasteiger partial charge in [-0.1, -0.05) is 11.2 Å². The number of rotatable bonds is 1. The summed E-state index contributed by atoms with van der Waals surface area (Å²) in [5.41, 5.74) is -0.476. The van der Waals surface area contributed by atoms with Gasteiger partial charge in [-0.05, 0) is 25.1 Å². The van der Waals surface area contributed by atoms with Crippen molar-refractivity contribution in [2.45, 2.75) is 13.1 Å². The van der Waals surface area contributed by atoms with Crippen LogP contribution in [0.15, 0.2) is 28.8 Å². The van der Waals surface area contributed by atoms with Gasteiger partial charge in [-0.25, -0.2) is 0 Å². The topological polar surface area (TPSA) is 38.9 Å². The van der Waals surface area contributed by atoms with Crippen molar-refractivity contribution in [3.8, 4) is 11.5 Å². The minimum Gasteiger partial charge on any atom is -0.334 e. The van der Waals surface area contributed by atoms with Gasteiger partial charge in [0.2, 0.25) is 0 Å². The molecule has 1 heterocycles. The molecule has 0 aliphatic carbocycles. The summed E-state index contributed by atoms with van der Waals surface area (Å²) >= 11 is 0. The van der Waals surface area contributed by atoms with E-state index in [2.05, 4.69) is 10.1 Å². The molecule has 0 bridgehead atoms. The lowest BCUT2D eigenvalue weighted by atomic mass is 10.1. The summed E-state index contributed by atoms with van der Waals surface area (Å²) in [6.07, 6.45) is -4.37. The van der Waals surface area contributed by atoms with Gasteiger partial charge in [0.05, 0.1) is 5.56 Å². The number of alkyl halides is 3. The van der Waals surface area contributed by atoms with Crippen molar-refractivity contribution in [2.75, 3.05) is 0 Å². The van der Waals surface area contributed by atoms with Gasteiger partial charge in [-0.2, -0.15) is 18.2 Å². The lowest BCUT2D eigenvalue weighted by Crippen LogP contribution is -2.04. The Morgan fingerprint density at radius 3 is 2.56 bits per heavy atom. The van der Waals surface area contributed by atoms with Crippen LogP contribution in [-0.4, -0.2) is 10.1 Å². The minimum atomic E-state index is -4.37. The molecule has 0 fully saturated rings. The Kier molecular flexibility index (Phi) is 2.41. The van der Waals surface area contributed by atoms with Gasteiger partial charge in [-0.3, -0.25) is 0 Å². The van der Waals surface area contributed by atoms with E-state index < -0.39 is 11.7 Å². The molecular weight excluding hydrogens is 221 g/mol. The molecule has 6 heteroatoms. The average molecular weight is 228 g/mol. The molecule has 0 unspecified atom stereocenters. The highest BCUT2D eigenvalue weighted by Crippen LogP contribution is 2.31. The maximum absolute atomic E-state index is 12.4. The van der Waals surface area contributed by atoms with Gasteiger partial charge >= 0.3 is 6.18 Å². The van der Waals surface area contributed by atoms with E-state index in [1.54, 1.807) is 6.92 Å². The molecule has 0 saturated heterocycles. The summed E-state index contributed by atoms with van der Waals surface area (Å²) in [7, 11) is 0. The van der Waals surface area contributed by atoms with Crippen molar-refractivity contribution in [3.05, 3.63) is 35.7 Å². The third kappa shape index (κ3) is 2.05. The lowest BCUT2D eigenvalue weighted by molar-refractivity contribution is -0.137. The average Bonchev–Trinajstić information content (AvgIpc) is 2.64. The van der Waals surface area contributed by atoms with Gasteiger partial charge in [0, 0.05) is 5.56 Å². The fourth-order valence-corrected chi connectivity index (χ4v) is 1.24. The molecule has 0 radical (unpaired) electrons. The minimum absolute atomic E-state index is 0.0867. The SMILES string of the molecule is Cc1noc(-c2cccc(C(F)(F)F)c2)n1. The van der Waals surface area contributed by atoms with Crippen LogP contribution >= 0.6 is 0 Å². The summed E-state index contributed by atoms with van der Waals surface area (Å²) in [5.74, 6) is 0.469. The Labute approximate surface area is 88.9 Å². The summed E-state index contributed by atoms with van der Waals surface area (Å²) < 4.78 is 42.1. The van der Waals surface area contributed by atoms with Crippen LogP contribution in [0.4, 0.5) is 13.2 Å². The fraction of sp³-hybridized carbons (Fsp3) is 0.200. The first-order chi connectivity index (χ1) is 7.47. The first kappa shape index (κ1) is 10.7. The number of hydrogen-bond donors (Lipinski definition) is 0. The highest BCUT2D eigenvalue weighted by molar-refractivity contribution is 5.54. The van der Waals surface area contributed by atoms with Crippen molar-refractivity contribution in [3.63, 3.8) is 0 Å². The second-order valence-electron chi connectivity index (χ2n) is 3.23. The zero-order valence-corrected chi connectivity index (χ0v) is 8.25. The second-order valence-corrected chi connectivity index (χ2v) is 3.23. The molecule has 0 spiro atoms. The second kappa shape index (κ2) is 3.62. The van der Waals surface area contributed by atoms with Crippen LogP contribution < -0.4 is 0 Å². The van der Waals surface area contributed by atoms with Crippen molar-refractivity contribution < 1.29 is 17.7 Å². The Morgan fingerprint density at radius 1 is 1.25 bits per heavy atom. The van der Waals surface area contributed by atoms with Gasteiger partial charge < -0.3 is 4.52 Å². The Morgan fingerprint density at radius 2 is 2.00 bits per heavy atom. The third-order valence-electron chi connectivity index (χ3n) is 1.96. The highest BCUT2D eigenvalue weighted by Gasteiger charge is 2.30. The van der Waals surface area contributed by atoms with Gasteiger partial charge in [-0.15, -0.1) is 0 Å². The zero-order chi connectivity index (χ0) is 11.8. The molecule has 0 N–H and O–H groups in total. The molecule has 0 aliphatic rings. The Balaban J connectivity index is 2.44. The van der Waals surface area contributed by atoms with E-state index in [1.807, 2.05) is 0 Å². The number of halogens is 3. The summed E-state index contributed by atoms with van der Waals surface area (Å²) in [6, 6.07) is 4.76. The summed E-state index contributed by atoms with van der Waals surface area (Å²) in [4.78, 5) is 3.86. The van der Waals surface area contributed by atoms with Gasteiger partial charge in [0.1, 0.15) is 0 Å². The molecule has 2 rings (SSSR count). The van der Waals surface area contributed by atoms with Crippen LogP contribution in [-0.2, 0) is 6.18 Å². The quantitative estimate of drug-likeness (QED) is 0.752. The van der Waals surface area contributed by atoms with E-state index in [0.717, 1.165) is 12.1 Å². The van der Waals surface area contributed by atoms with Crippen molar-refractivity contribution >= 4 is 0 Å². The molecule has 0 atom stereocenters. The first-order valence-corrected chi connectivity index (χ1v) is 4.45. The van der Waals surface area contributed by atoms with Crippen molar-refractivity contribution in [2.24, 2.45) is 0 Å². The summed E-state index contributed by atoms with van der Waals surface area (Å²) in [5, 5.41) is 3.52. The van der Waals surface area contributed by atoms with Crippen LogP contribution in [0.2, 0.25) is 0 Å².